The molecule has 31 heavy (non-hydrogen) atoms. The van der Waals surface area contributed by atoms with E-state index in [0.717, 1.165) is 0 Å². The number of aromatic nitrogens is 2. The molecule has 2 aliphatic rings. The zero-order valence-corrected chi connectivity index (χ0v) is 16.5. The minimum Gasteiger partial charge on any atom is -0.468 e. The SMILES string of the molecule is Cc1cc(CN2Cc3c(ccnc3N3CC(O)CC3=O)C2=O)cnc1OCC(F)(F)F. The van der Waals surface area contributed by atoms with Crippen molar-refractivity contribution in [2.45, 2.75) is 38.7 Å². The number of aliphatic hydroxyl groups excluding tert-OH is 1. The maximum Gasteiger partial charge on any atom is 0.422 e. The summed E-state index contributed by atoms with van der Waals surface area (Å²) in [5.41, 5.74) is 2.07. The molecule has 8 nitrogen and oxygen atoms in total. The molecule has 0 bridgehead atoms. The first-order valence-electron chi connectivity index (χ1n) is 9.53. The molecule has 2 aliphatic heterocycles. The van der Waals surface area contributed by atoms with Crippen molar-refractivity contribution >= 4 is 17.6 Å². The number of aliphatic hydroxyl groups is 1. The third-order valence-electron chi connectivity index (χ3n) is 5.09. The highest BCUT2D eigenvalue weighted by atomic mass is 19.4. The van der Waals surface area contributed by atoms with E-state index in [1.807, 2.05) is 0 Å². The molecule has 1 unspecified atom stereocenters. The standard InChI is InChI=1S/C20H19F3N4O4/c1-11-4-12(6-25-18(11)31-10-20(21,22)23)7-26-9-15-14(19(26)30)2-3-24-17(15)27-8-13(28)5-16(27)29/h2-4,6,13,28H,5,7-10H2,1H3. The summed E-state index contributed by atoms with van der Waals surface area (Å²) in [4.78, 5) is 36.1. The molecule has 4 rings (SSSR count). The first-order valence-corrected chi connectivity index (χ1v) is 9.53. The predicted molar refractivity (Wildman–Crippen MR) is 101 cm³/mol. The molecule has 2 amide bonds. The number of pyridine rings is 2. The summed E-state index contributed by atoms with van der Waals surface area (Å²) in [7, 11) is 0. The number of carbonyl (C=O) groups is 2. The zero-order chi connectivity index (χ0) is 22.3. The Balaban J connectivity index is 1.50. The highest BCUT2D eigenvalue weighted by molar-refractivity contribution is 6.02. The van der Waals surface area contributed by atoms with Gasteiger partial charge in [0.1, 0.15) is 5.82 Å². The Labute approximate surface area is 175 Å². The van der Waals surface area contributed by atoms with Crippen LogP contribution >= 0.6 is 0 Å². The van der Waals surface area contributed by atoms with Crippen molar-refractivity contribution in [1.82, 2.24) is 14.9 Å². The maximum absolute atomic E-state index is 12.9. The van der Waals surface area contributed by atoms with Crippen LogP contribution in [-0.2, 0) is 17.9 Å². The Hall–Kier alpha value is -3.21. The van der Waals surface area contributed by atoms with E-state index in [1.54, 1.807) is 24.0 Å². The third-order valence-corrected chi connectivity index (χ3v) is 5.09. The van der Waals surface area contributed by atoms with Gasteiger partial charge in [-0.1, -0.05) is 0 Å². The first kappa shape index (κ1) is 21.0. The molecule has 0 aromatic carbocycles. The van der Waals surface area contributed by atoms with Crippen molar-refractivity contribution in [3.05, 3.63) is 46.8 Å². The van der Waals surface area contributed by atoms with Gasteiger partial charge in [-0.05, 0) is 24.6 Å². The fraction of sp³-hybridized carbons (Fsp3) is 0.400. The summed E-state index contributed by atoms with van der Waals surface area (Å²) in [6.07, 6.45) is -2.40. The summed E-state index contributed by atoms with van der Waals surface area (Å²) < 4.78 is 41.7. The van der Waals surface area contributed by atoms with Crippen LogP contribution in [0.1, 0.15) is 33.5 Å². The van der Waals surface area contributed by atoms with E-state index in [9.17, 15) is 27.9 Å². The molecule has 2 aromatic rings. The van der Waals surface area contributed by atoms with Crippen LogP contribution < -0.4 is 9.64 Å². The van der Waals surface area contributed by atoms with Gasteiger partial charge in [0, 0.05) is 35.6 Å². The Morgan fingerprint density at radius 2 is 2.06 bits per heavy atom. The Morgan fingerprint density at radius 3 is 2.71 bits per heavy atom. The lowest BCUT2D eigenvalue weighted by atomic mass is 10.1. The van der Waals surface area contributed by atoms with Gasteiger partial charge in [0.05, 0.1) is 25.6 Å². The van der Waals surface area contributed by atoms with Gasteiger partial charge in [0.15, 0.2) is 6.61 Å². The second-order valence-corrected chi connectivity index (χ2v) is 7.55. The summed E-state index contributed by atoms with van der Waals surface area (Å²) in [6.45, 7) is 0.660. The van der Waals surface area contributed by atoms with Crippen molar-refractivity contribution in [3.8, 4) is 5.88 Å². The number of ether oxygens (including phenoxy) is 1. The van der Waals surface area contributed by atoms with Gasteiger partial charge in [-0.25, -0.2) is 9.97 Å². The number of anilines is 1. The van der Waals surface area contributed by atoms with Crippen LogP contribution in [0.4, 0.5) is 19.0 Å². The molecule has 11 heteroatoms. The van der Waals surface area contributed by atoms with Crippen molar-refractivity contribution in [3.63, 3.8) is 0 Å². The topological polar surface area (TPSA) is 95.9 Å². The molecule has 164 valence electrons. The molecule has 2 aromatic heterocycles. The van der Waals surface area contributed by atoms with Crippen LogP contribution in [0, 0.1) is 6.92 Å². The zero-order valence-electron chi connectivity index (χ0n) is 16.5. The van der Waals surface area contributed by atoms with E-state index >= 15 is 0 Å². The average molecular weight is 436 g/mol. The highest BCUT2D eigenvalue weighted by Crippen LogP contribution is 2.33. The van der Waals surface area contributed by atoms with E-state index in [1.165, 1.54) is 17.3 Å². The lowest BCUT2D eigenvalue weighted by Gasteiger charge is -2.19. The molecule has 1 fully saturated rings. The highest BCUT2D eigenvalue weighted by Gasteiger charge is 2.36. The van der Waals surface area contributed by atoms with Crippen molar-refractivity contribution in [2.24, 2.45) is 0 Å². The molecule has 0 aliphatic carbocycles. The van der Waals surface area contributed by atoms with Gasteiger partial charge in [-0.15, -0.1) is 0 Å². The number of hydrogen-bond acceptors (Lipinski definition) is 6. The average Bonchev–Trinajstić information content (AvgIpc) is 3.19. The monoisotopic (exact) mass is 436 g/mol. The number of β-amino-alcohol motifs (C(OH)–C–C–N with tert-alkyl or cyclic N) is 1. The van der Waals surface area contributed by atoms with Crippen LogP contribution in [0.2, 0.25) is 0 Å². The quantitative estimate of drug-likeness (QED) is 0.770. The van der Waals surface area contributed by atoms with Crippen molar-refractivity contribution in [1.29, 1.82) is 0 Å². The number of hydrogen-bond donors (Lipinski definition) is 1. The molecule has 0 radical (unpaired) electrons. The lowest BCUT2D eigenvalue weighted by molar-refractivity contribution is -0.154. The molecule has 0 spiro atoms. The molecule has 4 heterocycles. The van der Waals surface area contributed by atoms with Gasteiger partial charge < -0.3 is 14.7 Å². The van der Waals surface area contributed by atoms with E-state index < -0.39 is 18.9 Å². The number of rotatable bonds is 5. The van der Waals surface area contributed by atoms with Crippen LogP contribution in [0.25, 0.3) is 0 Å². The van der Waals surface area contributed by atoms with Crippen LogP contribution in [0.3, 0.4) is 0 Å². The summed E-state index contributed by atoms with van der Waals surface area (Å²) in [6, 6.07) is 3.20. The predicted octanol–water partition coefficient (Wildman–Crippen LogP) is 1.98. The Bertz CT molecular complexity index is 1040. The first-order chi connectivity index (χ1) is 14.6. The summed E-state index contributed by atoms with van der Waals surface area (Å²) >= 11 is 0. The number of amides is 2. The fourth-order valence-corrected chi connectivity index (χ4v) is 3.75. The Kier molecular flexibility index (Phi) is 5.29. The number of carbonyl (C=O) groups excluding carboxylic acids is 2. The van der Waals surface area contributed by atoms with E-state index in [0.29, 0.717) is 28.1 Å². The number of aryl methyl sites for hydroxylation is 1. The van der Waals surface area contributed by atoms with E-state index in [2.05, 4.69) is 9.97 Å². The second kappa shape index (κ2) is 7.80. The number of fused-ring (bicyclic) bond motifs is 1. The second-order valence-electron chi connectivity index (χ2n) is 7.55. The van der Waals surface area contributed by atoms with Crippen molar-refractivity contribution < 1.29 is 32.6 Å². The largest absolute Gasteiger partial charge is 0.468 e. The van der Waals surface area contributed by atoms with Gasteiger partial charge in [0.2, 0.25) is 11.8 Å². The minimum absolute atomic E-state index is 0.0106. The fourth-order valence-electron chi connectivity index (χ4n) is 3.75. The molecular weight excluding hydrogens is 417 g/mol. The summed E-state index contributed by atoms with van der Waals surface area (Å²) in [5, 5.41) is 9.76. The number of halogens is 3. The molecule has 1 saturated heterocycles. The number of nitrogens with zero attached hydrogens (tertiary/aromatic N) is 4. The summed E-state index contributed by atoms with van der Waals surface area (Å²) in [5.74, 6) is -0.260. The third kappa shape index (κ3) is 4.31. The molecular formula is C20H19F3N4O4. The van der Waals surface area contributed by atoms with Gasteiger partial charge in [-0.2, -0.15) is 13.2 Å². The minimum atomic E-state index is -4.46. The number of alkyl halides is 3. The van der Waals surface area contributed by atoms with Crippen LogP contribution in [0.15, 0.2) is 24.5 Å². The van der Waals surface area contributed by atoms with Gasteiger partial charge in [-0.3, -0.25) is 14.5 Å². The van der Waals surface area contributed by atoms with Crippen LogP contribution in [-0.4, -0.2) is 57.2 Å². The van der Waals surface area contributed by atoms with E-state index in [4.69, 9.17) is 4.74 Å². The maximum atomic E-state index is 12.9. The van der Waals surface area contributed by atoms with E-state index in [-0.39, 0.29) is 43.7 Å². The van der Waals surface area contributed by atoms with Gasteiger partial charge in [0.25, 0.3) is 5.91 Å². The smallest absolute Gasteiger partial charge is 0.422 e. The molecule has 0 saturated carbocycles. The normalized spacial score (nSPS) is 18.7. The molecule has 1 N–H and O–H groups in total. The molecule has 1 atom stereocenters. The Morgan fingerprint density at radius 1 is 1.29 bits per heavy atom. The van der Waals surface area contributed by atoms with Gasteiger partial charge >= 0.3 is 6.18 Å². The van der Waals surface area contributed by atoms with Crippen LogP contribution in [0.5, 0.6) is 5.88 Å². The van der Waals surface area contributed by atoms with Crippen molar-refractivity contribution in [2.75, 3.05) is 18.1 Å². The lowest BCUT2D eigenvalue weighted by Crippen LogP contribution is -2.27.